The molecular formula is C16H20N8O5S. The largest absolute Gasteiger partial charge is 0.494 e. The number of fused-ring (bicyclic) bond motifs is 1. The number of rotatable bonds is 7. The van der Waals surface area contributed by atoms with Gasteiger partial charge in [-0.3, -0.25) is 19.6 Å². The number of nitrogens with one attached hydrogen (secondary N) is 2. The van der Waals surface area contributed by atoms with E-state index in [9.17, 15) is 18.0 Å². The van der Waals surface area contributed by atoms with Crippen LogP contribution in [0.15, 0.2) is 18.2 Å². The lowest BCUT2D eigenvalue weighted by atomic mass is 10.2. The van der Waals surface area contributed by atoms with E-state index in [0.717, 1.165) is 4.68 Å². The molecule has 160 valence electrons. The molecule has 0 aliphatic carbocycles. The minimum absolute atomic E-state index is 0.0807. The Labute approximate surface area is 171 Å². The number of benzene rings is 1. The average Bonchev–Trinajstić information content (AvgIpc) is 3.20. The summed E-state index contributed by atoms with van der Waals surface area (Å²) in [5.41, 5.74) is 6.53. The number of carbonyl (C=O) groups is 2. The highest BCUT2D eigenvalue weighted by Gasteiger charge is 2.23. The van der Waals surface area contributed by atoms with E-state index in [1.54, 1.807) is 13.0 Å². The van der Waals surface area contributed by atoms with Crippen LogP contribution in [0.5, 0.6) is 5.75 Å². The molecule has 3 aromatic rings. The summed E-state index contributed by atoms with van der Waals surface area (Å²) in [4.78, 5) is 30.6. The first-order valence-corrected chi connectivity index (χ1v) is 10.1. The van der Waals surface area contributed by atoms with Gasteiger partial charge in [0.05, 0.1) is 18.3 Å². The van der Waals surface area contributed by atoms with Crippen molar-refractivity contribution in [2.24, 2.45) is 10.9 Å². The molecule has 0 aliphatic heterocycles. The molecule has 30 heavy (non-hydrogen) atoms. The standard InChI is InChI=1S/C16H20N8O5S/c1-4-23-11(5-8(2)21-23)15(26)20-16-19-10-6-9(14(17)25)7-12(29-3)13(10)24(16)22-30(18,27)28/h5-7,22H,4H2,1-3H3,(H2,17,25)(H2,18,27,28)(H,19,20,26). The van der Waals surface area contributed by atoms with E-state index in [2.05, 4.69) is 20.2 Å². The van der Waals surface area contributed by atoms with E-state index in [-0.39, 0.29) is 34.0 Å². The van der Waals surface area contributed by atoms with E-state index in [0.29, 0.717) is 12.2 Å². The van der Waals surface area contributed by atoms with Crippen LogP contribution in [-0.2, 0) is 16.8 Å². The molecule has 0 radical (unpaired) electrons. The zero-order valence-electron chi connectivity index (χ0n) is 16.3. The quantitative estimate of drug-likeness (QED) is 0.390. The summed E-state index contributed by atoms with van der Waals surface area (Å²) in [6.45, 7) is 3.99. The second-order valence-corrected chi connectivity index (χ2v) is 7.53. The highest BCUT2D eigenvalue weighted by molar-refractivity contribution is 7.90. The number of primary amides is 1. The zero-order chi connectivity index (χ0) is 22.2. The first-order chi connectivity index (χ1) is 14.0. The second-order valence-electron chi connectivity index (χ2n) is 6.26. The summed E-state index contributed by atoms with van der Waals surface area (Å²) in [5.74, 6) is -1.44. The highest BCUT2D eigenvalue weighted by atomic mass is 32.2. The lowest BCUT2D eigenvalue weighted by molar-refractivity contribution is 0.0995. The van der Waals surface area contributed by atoms with Crippen LogP contribution in [0.25, 0.3) is 11.0 Å². The number of anilines is 1. The predicted molar refractivity (Wildman–Crippen MR) is 108 cm³/mol. The Hall–Kier alpha value is -3.65. The van der Waals surface area contributed by atoms with Crippen molar-refractivity contribution in [2.45, 2.75) is 20.4 Å². The van der Waals surface area contributed by atoms with Crippen molar-refractivity contribution in [1.82, 2.24) is 19.4 Å². The van der Waals surface area contributed by atoms with Crippen molar-refractivity contribution in [3.8, 4) is 5.75 Å². The van der Waals surface area contributed by atoms with Crippen LogP contribution in [0.3, 0.4) is 0 Å². The molecular weight excluding hydrogens is 416 g/mol. The topological polar surface area (TPSA) is 189 Å². The van der Waals surface area contributed by atoms with Crippen molar-refractivity contribution in [3.63, 3.8) is 0 Å². The Morgan fingerprint density at radius 3 is 2.53 bits per heavy atom. The van der Waals surface area contributed by atoms with Crippen molar-refractivity contribution in [1.29, 1.82) is 0 Å². The highest BCUT2D eigenvalue weighted by Crippen LogP contribution is 2.30. The molecule has 2 heterocycles. The predicted octanol–water partition coefficient (Wildman–Crippen LogP) is -0.332. The molecule has 0 saturated heterocycles. The zero-order valence-corrected chi connectivity index (χ0v) is 17.1. The summed E-state index contributed by atoms with van der Waals surface area (Å²) >= 11 is 0. The number of hydrogen-bond donors (Lipinski definition) is 4. The van der Waals surface area contributed by atoms with Gasteiger partial charge in [-0.1, -0.05) is 0 Å². The van der Waals surface area contributed by atoms with Crippen LogP contribution in [0.4, 0.5) is 5.95 Å². The minimum Gasteiger partial charge on any atom is -0.494 e. The molecule has 1 aromatic carbocycles. The Kier molecular flexibility index (Phi) is 5.37. The average molecular weight is 436 g/mol. The van der Waals surface area contributed by atoms with E-state index in [1.807, 2.05) is 6.92 Å². The van der Waals surface area contributed by atoms with Gasteiger partial charge in [-0.05, 0) is 32.0 Å². The molecule has 0 atom stereocenters. The Bertz CT molecular complexity index is 1260. The fourth-order valence-corrected chi connectivity index (χ4v) is 3.34. The SMILES string of the molecule is CCn1nc(C)cc1C(=O)Nc1nc2cc(C(N)=O)cc(OC)c2n1NS(N)(=O)=O. The fourth-order valence-electron chi connectivity index (χ4n) is 2.91. The van der Waals surface area contributed by atoms with Crippen molar-refractivity contribution >= 4 is 39.0 Å². The van der Waals surface area contributed by atoms with Crippen LogP contribution in [0.2, 0.25) is 0 Å². The number of methoxy groups -OCH3 is 1. The van der Waals surface area contributed by atoms with Crippen molar-refractivity contribution in [3.05, 3.63) is 35.2 Å². The molecule has 2 amide bonds. The number of carbonyl (C=O) groups excluding carboxylic acids is 2. The lowest BCUT2D eigenvalue weighted by Gasteiger charge is -2.12. The summed E-state index contributed by atoms with van der Waals surface area (Å²) in [7, 11) is -2.95. The molecule has 0 spiro atoms. The lowest BCUT2D eigenvalue weighted by Crippen LogP contribution is -2.31. The number of aromatic nitrogens is 4. The van der Waals surface area contributed by atoms with Gasteiger partial charge >= 0.3 is 10.2 Å². The maximum Gasteiger partial charge on any atom is 0.310 e. The van der Waals surface area contributed by atoms with Crippen LogP contribution < -0.4 is 25.8 Å². The number of ether oxygens (including phenoxy) is 1. The molecule has 2 aromatic heterocycles. The number of aryl methyl sites for hydroxylation is 2. The Morgan fingerprint density at radius 1 is 1.27 bits per heavy atom. The molecule has 6 N–H and O–H groups in total. The first kappa shape index (κ1) is 21.1. The molecule has 13 nitrogen and oxygen atoms in total. The molecule has 0 bridgehead atoms. The number of amides is 2. The summed E-state index contributed by atoms with van der Waals surface area (Å²) in [6, 6.07) is 4.22. The smallest absolute Gasteiger partial charge is 0.310 e. The van der Waals surface area contributed by atoms with Crippen LogP contribution in [0.1, 0.15) is 33.5 Å². The summed E-state index contributed by atoms with van der Waals surface area (Å²) in [5, 5.41) is 11.8. The van der Waals surface area contributed by atoms with E-state index in [1.165, 1.54) is 23.9 Å². The third-order valence-electron chi connectivity index (χ3n) is 4.10. The van der Waals surface area contributed by atoms with Gasteiger partial charge in [-0.25, -0.2) is 19.6 Å². The van der Waals surface area contributed by atoms with Crippen molar-refractivity contribution in [2.75, 3.05) is 17.3 Å². The Balaban J connectivity index is 2.18. The molecule has 0 aliphatic rings. The number of imidazole rings is 1. The van der Waals surface area contributed by atoms with Crippen molar-refractivity contribution < 1.29 is 22.7 Å². The van der Waals surface area contributed by atoms with Gasteiger partial charge in [0.15, 0.2) is 0 Å². The maximum atomic E-state index is 12.8. The van der Waals surface area contributed by atoms with Crippen LogP contribution in [0, 0.1) is 6.92 Å². The number of nitrogens with two attached hydrogens (primary N) is 2. The minimum atomic E-state index is -4.26. The van der Waals surface area contributed by atoms with E-state index >= 15 is 0 Å². The van der Waals surface area contributed by atoms with Gasteiger partial charge in [-0.2, -0.15) is 13.5 Å². The Morgan fingerprint density at radius 2 is 1.97 bits per heavy atom. The summed E-state index contributed by atoms with van der Waals surface area (Å²) in [6.07, 6.45) is 0. The summed E-state index contributed by atoms with van der Waals surface area (Å²) < 4.78 is 31.1. The third-order valence-corrected chi connectivity index (χ3v) is 4.54. The van der Waals surface area contributed by atoms with Gasteiger partial charge in [0.2, 0.25) is 11.9 Å². The molecule has 3 rings (SSSR count). The van der Waals surface area contributed by atoms with Gasteiger partial charge in [0.25, 0.3) is 5.91 Å². The molecule has 14 heteroatoms. The van der Waals surface area contributed by atoms with Crippen LogP contribution >= 0.6 is 0 Å². The van der Waals surface area contributed by atoms with E-state index < -0.39 is 22.0 Å². The molecule has 0 saturated carbocycles. The van der Waals surface area contributed by atoms with Gasteiger partial charge < -0.3 is 10.5 Å². The van der Waals surface area contributed by atoms with Gasteiger partial charge in [-0.15, -0.1) is 0 Å². The second kappa shape index (κ2) is 7.64. The normalized spacial score (nSPS) is 11.5. The number of nitrogens with zero attached hydrogens (tertiary/aromatic N) is 4. The fraction of sp³-hybridized carbons (Fsp3) is 0.250. The third kappa shape index (κ3) is 4.04. The van der Waals surface area contributed by atoms with E-state index in [4.69, 9.17) is 15.6 Å². The van der Waals surface area contributed by atoms with Crippen LogP contribution in [-0.4, -0.2) is 46.8 Å². The maximum absolute atomic E-state index is 12.8. The first-order valence-electron chi connectivity index (χ1n) is 8.60. The molecule has 0 unspecified atom stereocenters. The monoisotopic (exact) mass is 436 g/mol. The molecule has 0 fully saturated rings. The van der Waals surface area contributed by atoms with Gasteiger partial charge in [0, 0.05) is 12.1 Å². The van der Waals surface area contributed by atoms with Gasteiger partial charge in [0.1, 0.15) is 17.0 Å². The number of hydrogen-bond acceptors (Lipinski definition) is 7.